The molecule has 2 bridgehead atoms. The van der Waals surface area contributed by atoms with Crippen molar-refractivity contribution < 1.29 is 19.1 Å². The molecule has 4 nitrogen and oxygen atoms in total. The standard InChI is InChI=1S/C13H16O4/c1-3-11(14)16-10-7-9-5-6-13(10,8-9)17-12(15)4-2/h3-4,9-10H,1-2,5-8H2. The second-order valence-electron chi connectivity index (χ2n) is 4.66. The van der Waals surface area contributed by atoms with Crippen LogP contribution in [0, 0.1) is 5.92 Å². The SMILES string of the molecule is C=CC(=O)OC1CC2CCC1(OC(=O)C=C)C2. The van der Waals surface area contributed by atoms with Gasteiger partial charge in [-0.2, -0.15) is 0 Å². The minimum absolute atomic E-state index is 0.337. The Kier molecular flexibility index (Phi) is 3.05. The van der Waals surface area contributed by atoms with Crippen molar-refractivity contribution in [2.45, 2.75) is 37.4 Å². The fourth-order valence-electron chi connectivity index (χ4n) is 2.90. The van der Waals surface area contributed by atoms with Crippen molar-refractivity contribution >= 4 is 11.9 Å². The zero-order chi connectivity index (χ0) is 12.5. The summed E-state index contributed by atoms with van der Waals surface area (Å²) in [5.74, 6) is -0.431. The molecule has 2 aliphatic rings. The molecule has 0 aromatic rings. The molecule has 3 unspecified atom stereocenters. The number of fused-ring (bicyclic) bond motifs is 2. The zero-order valence-corrected chi connectivity index (χ0v) is 9.69. The van der Waals surface area contributed by atoms with Crippen LogP contribution >= 0.6 is 0 Å². The van der Waals surface area contributed by atoms with Crippen LogP contribution in [0.4, 0.5) is 0 Å². The molecule has 2 fully saturated rings. The van der Waals surface area contributed by atoms with Crippen molar-refractivity contribution in [3.8, 4) is 0 Å². The average molecular weight is 236 g/mol. The quantitative estimate of drug-likeness (QED) is 0.551. The summed E-state index contributed by atoms with van der Waals surface area (Å²) in [6, 6.07) is 0. The molecule has 2 rings (SSSR count). The number of ether oxygens (including phenoxy) is 2. The maximum Gasteiger partial charge on any atom is 0.330 e. The molecule has 0 saturated heterocycles. The lowest BCUT2D eigenvalue weighted by Crippen LogP contribution is -2.43. The first-order valence-corrected chi connectivity index (χ1v) is 5.78. The summed E-state index contributed by atoms with van der Waals surface area (Å²) >= 11 is 0. The van der Waals surface area contributed by atoms with Crippen LogP contribution in [-0.2, 0) is 19.1 Å². The van der Waals surface area contributed by atoms with E-state index < -0.39 is 17.5 Å². The fraction of sp³-hybridized carbons (Fsp3) is 0.538. The van der Waals surface area contributed by atoms with Gasteiger partial charge in [-0.15, -0.1) is 0 Å². The Hall–Kier alpha value is -1.58. The van der Waals surface area contributed by atoms with E-state index in [4.69, 9.17) is 9.47 Å². The molecule has 0 spiro atoms. The predicted molar refractivity (Wildman–Crippen MR) is 61.1 cm³/mol. The Morgan fingerprint density at radius 2 is 1.94 bits per heavy atom. The first-order chi connectivity index (χ1) is 8.09. The molecule has 0 radical (unpaired) electrons. The topological polar surface area (TPSA) is 52.6 Å². The first-order valence-electron chi connectivity index (χ1n) is 5.78. The molecule has 0 amide bonds. The van der Waals surface area contributed by atoms with Crippen LogP contribution in [-0.4, -0.2) is 23.6 Å². The first kappa shape index (κ1) is 11.9. The summed E-state index contributed by atoms with van der Waals surface area (Å²) in [5, 5.41) is 0. The molecule has 2 saturated carbocycles. The van der Waals surface area contributed by atoms with Crippen molar-refractivity contribution in [3.63, 3.8) is 0 Å². The van der Waals surface area contributed by atoms with Gasteiger partial charge in [-0.25, -0.2) is 9.59 Å². The summed E-state index contributed by atoms with van der Waals surface area (Å²) in [6.07, 6.45) is 5.27. The van der Waals surface area contributed by atoms with Crippen LogP contribution in [0.15, 0.2) is 25.3 Å². The molecule has 3 atom stereocenters. The molecule has 0 aromatic carbocycles. The highest BCUT2D eigenvalue weighted by Gasteiger charge is 2.56. The lowest BCUT2D eigenvalue weighted by molar-refractivity contribution is -0.176. The Morgan fingerprint density at radius 1 is 1.24 bits per heavy atom. The van der Waals surface area contributed by atoms with Gasteiger partial charge in [0.15, 0.2) is 0 Å². The van der Waals surface area contributed by atoms with E-state index in [1.165, 1.54) is 0 Å². The van der Waals surface area contributed by atoms with E-state index in [1.807, 2.05) is 0 Å². The van der Waals surface area contributed by atoms with E-state index in [0.29, 0.717) is 5.92 Å². The maximum absolute atomic E-state index is 11.4. The number of carbonyl (C=O) groups excluding carboxylic acids is 2. The van der Waals surface area contributed by atoms with Gasteiger partial charge in [0, 0.05) is 12.2 Å². The average Bonchev–Trinajstić information content (AvgIpc) is 2.85. The number of esters is 2. The molecule has 2 aliphatic carbocycles. The van der Waals surface area contributed by atoms with Crippen molar-refractivity contribution in [1.29, 1.82) is 0 Å². The molecule has 0 aromatic heterocycles. The van der Waals surface area contributed by atoms with Gasteiger partial charge in [-0.1, -0.05) is 13.2 Å². The third-order valence-corrected chi connectivity index (χ3v) is 3.64. The molecule has 17 heavy (non-hydrogen) atoms. The number of hydrogen-bond acceptors (Lipinski definition) is 4. The molecule has 92 valence electrons. The Morgan fingerprint density at radius 3 is 2.53 bits per heavy atom. The Balaban J connectivity index is 2.11. The van der Waals surface area contributed by atoms with Crippen molar-refractivity contribution in [3.05, 3.63) is 25.3 Å². The second-order valence-corrected chi connectivity index (χ2v) is 4.66. The van der Waals surface area contributed by atoms with Crippen LogP contribution in [0.2, 0.25) is 0 Å². The lowest BCUT2D eigenvalue weighted by Gasteiger charge is -2.33. The smallest absolute Gasteiger partial charge is 0.330 e. The van der Waals surface area contributed by atoms with E-state index in [2.05, 4.69) is 13.2 Å². The van der Waals surface area contributed by atoms with E-state index in [-0.39, 0.29) is 6.10 Å². The largest absolute Gasteiger partial charge is 0.455 e. The van der Waals surface area contributed by atoms with Gasteiger partial charge in [-0.3, -0.25) is 0 Å². The van der Waals surface area contributed by atoms with Gasteiger partial charge < -0.3 is 9.47 Å². The third kappa shape index (κ3) is 2.12. The van der Waals surface area contributed by atoms with Gasteiger partial charge in [0.2, 0.25) is 0 Å². The normalized spacial score (nSPS) is 34.1. The third-order valence-electron chi connectivity index (χ3n) is 3.64. The molecular weight excluding hydrogens is 220 g/mol. The summed E-state index contributed by atoms with van der Waals surface area (Å²) < 4.78 is 10.7. The van der Waals surface area contributed by atoms with Gasteiger partial charge >= 0.3 is 11.9 Å². The van der Waals surface area contributed by atoms with Crippen LogP contribution in [0.5, 0.6) is 0 Å². The predicted octanol–water partition coefficient (Wildman–Crippen LogP) is 1.76. The summed E-state index contributed by atoms with van der Waals surface area (Å²) in [6.45, 7) is 6.75. The van der Waals surface area contributed by atoms with Crippen LogP contribution in [0.3, 0.4) is 0 Å². The number of carbonyl (C=O) groups is 2. The molecular formula is C13H16O4. The highest BCUT2D eigenvalue weighted by molar-refractivity contribution is 5.82. The van der Waals surface area contributed by atoms with Crippen LogP contribution in [0.1, 0.15) is 25.7 Å². The van der Waals surface area contributed by atoms with Gasteiger partial charge in [-0.05, 0) is 31.6 Å². The van der Waals surface area contributed by atoms with E-state index in [0.717, 1.165) is 37.8 Å². The number of rotatable bonds is 4. The second kappa shape index (κ2) is 4.35. The van der Waals surface area contributed by atoms with Crippen LogP contribution in [0.25, 0.3) is 0 Å². The van der Waals surface area contributed by atoms with E-state index in [1.54, 1.807) is 0 Å². The van der Waals surface area contributed by atoms with Gasteiger partial charge in [0.25, 0.3) is 0 Å². The summed E-state index contributed by atoms with van der Waals surface area (Å²) in [5.41, 5.74) is -0.630. The highest BCUT2D eigenvalue weighted by atomic mass is 16.6. The van der Waals surface area contributed by atoms with Crippen LogP contribution < -0.4 is 0 Å². The summed E-state index contributed by atoms with van der Waals surface area (Å²) in [4.78, 5) is 22.6. The Labute approximate surface area is 100 Å². The molecule has 4 heteroatoms. The summed E-state index contributed by atoms with van der Waals surface area (Å²) in [7, 11) is 0. The molecule has 0 N–H and O–H groups in total. The van der Waals surface area contributed by atoms with Gasteiger partial charge in [0.1, 0.15) is 11.7 Å². The van der Waals surface area contributed by atoms with E-state index in [9.17, 15) is 9.59 Å². The Bertz CT molecular complexity index is 374. The molecule has 0 aliphatic heterocycles. The monoisotopic (exact) mass is 236 g/mol. The van der Waals surface area contributed by atoms with E-state index >= 15 is 0 Å². The van der Waals surface area contributed by atoms with Gasteiger partial charge in [0.05, 0.1) is 0 Å². The molecule has 0 heterocycles. The maximum atomic E-state index is 11.4. The number of hydrogen-bond donors (Lipinski definition) is 0. The van der Waals surface area contributed by atoms with Crippen molar-refractivity contribution in [2.75, 3.05) is 0 Å². The van der Waals surface area contributed by atoms with Crippen molar-refractivity contribution in [2.24, 2.45) is 5.92 Å². The van der Waals surface area contributed by atoms with Crippen molar-refractivity contribution in [1.82, 2.24) is 0 Å². The minimum Gasteiger partial charge on any atom is -0.455 e. The lowest BCUT2D eigenvalue weighted by atomic mass is 9.93. The fourth-order valence-corrected chi connectivity index (χ4v) is 2.90. The minimum atomic E-state index is -0.630. The zero-order valence-electron chi connectivity index (χ0n) is 9.69. The highest BCUT2D eigenvalue weighted by Crippen LogP contribution is 2.51.